The van der Waals surface area contributed by atoms with E-state index in [4.69, 9.17) is 27.9 Å². The number of nitrogens with zero attached hydrogens (tertiary/aromatic N) is 2. The highest BCUT2D eigenvalue weighted by molar-refractivity contribution is 6.32. The lowest BCUT2D eigenvalue weighted by Crippen LogP contribution is -2.37. The van der Waals surface area contributed by atoms with Crippen LogP contribution in [0.25, 0.3) is 0 Å². The average Bonchev–Trinajstić information content (AvgIpc) is 2.52. The molecule has 1 heterocycles. The molecule has 120 valence electrons. The number of nitrogens with one attached hydrogen (secondary N) is 1. The second-order valence-corrected chi connectivity index (χ2v) is 5.41. The first-order chi connectivity index (χ1) is 11.0. The third kappa shape index (κ3) is 5.19. The van der Waals surface area contributed by atoms with E-state index in [9.17, 15) is 9.59 Å². The molecule has 0 saturated heterocycles. The lowest BCUT2D eigenvalue weighted by molar-refractivity contribution is 0.0464. The zero-order valence-electron chi connectivity index (χ0n) is 12.1. The van der Waals surface area contributed by atoms with Gasteiger partial charge in [-0.25, -0.2) is 14.8 Å². The number of aromatic nitrogens is 2. The van der Waals surface area contributed by atoms with Gasteiger partial charge in [0.2, 0.25) is 5.28 Å². The van der Waals surface area contributed by atoms with Crippen molar-refractivity contribution in [2.45, 2.75) is 13.0 Å². The van der Waals surface area contributed by atoms with Crippen LogP contribution < -0.4 is 5.32 Å². The highest BCUT2D eigenvalue weighted by atomic mass is 35.5. The van der Waals surface area contributed by atoms with Crippen molar-refractivity contribution in [2.24, 2.45) is 0 Å². The molecule has 0 aliphatic rings. The van der Waals surface area contributed by atoms with Gasteiger partial charge in [-0.15, -0.1) is 0 Å². The maximum absolute atomic E-state index is 12.0. The number of esters is 1. The van der Waals surface area contributed by atoms with Crippen LogP contribution in [0.4, 0.5) is 0 Å². The van der Waals surface area contributed by atoms with Gasteiger partial charge in [-0.1, -0.05) is 29.8 Å². The fraction of sp³-hybridized carbons (Fsp3) is 0.200. The molecule has 1 atom stereocenters. The maximum Gasteiger partial charge on any atom is 0.338 e. The van der Waals surface area contributed by atoms with E-state index in [-0.39, 0.29) is 22.7 Å². The summed E-state index contributed by atoms with van der Waals surface area (Å²) in [4.78, 5) is 31.3. The second kappa shape index (κ2) is 7.89. The van der Waals surface area contributed by atoms with Crippen molar-refractivity contribution in [1.29, 1.82) is 0 Å². The van der Waals surface area contributed by atoms with Crippen molar-refractivity contribution in [2.75, 3.05) is 6.61 Å². The summed E-state index contributed by atoms with van der Waals surface area (Å²) in [5, 5.41) is 2.58. The largest absolute Gasteiger partial charge is 0.460 e. The number of hydrogen-bond donors (Lipinski definition) is 1. The van der Waals surface area contributed by atoms with E-state index < -0.39 is 17.9 Å². The lowest BCUT2D eigenvalue weighted by atomic mass is 10.2. The molecule has 1 N–H and O–H groups in total. The molecule has 0 radical (unpaired) electrons. The molecule has 0 unspecified atom stereocenters. The van der Waals surface area contributed by atoms with Gasteiger partial charge < -0.3 is 10.1 Å². The maximum atomic E-state index is 12.0. The molecule has 2 rings (SSSR count). The van der Waals surface area contributed by atoms with Gasteiger partial charge in [0.15, 0.2) is 0 Å². The molecule has 2 aromatic rings. The van der Waals surface area contributed by atoms with Crippen LogP contribution in [0.15, 0.2) is 36.4 Å². The summed E-state index contributed by atoms with van der Waals surface area (Å²) in [6.07, 6.45) is 0. The minimum Gasteiger partial charge on any atom is -0.460 e. The van der Waals surface area contributed by atoms with Gasteiger partial charge in [-0.05, 0) is 30.7 Å². The van der Waals surface area contributed by atoms with Crippen molar-refractivity contribution < 1.29 is 14.3 Å². The van der Waals surface area contributed by atoms with E-state index in [2.05, 4.69) is 15.3 Å². The Balaban J connectivity index is 1.88. The van der Waals surface area contributed by atoms with Crippen molar-refractivity contribution >= 4 is 35.1 Å². The van der Waals surface area contributed by atoms with Crippen molar-refractivity contribution in [3.8, 4) is 0 Å². The standard InChI is InChI=1S/C15H13Cl2N3O3/c1-9(8-23-14(22)10-5-3-2-4-6-10)18-13(21)11-7-12(16)20-15(17)19-11/h2-7,9H,8H2,1H3,(H,18,21)/t9-/m1/s1. The molecular formula is C15H13Cl2N3O3. The quantitative estimate of drug-likeness (QED) is 0.507. The minimum atomic E-state index is -0.487. The highest BCUT2D eigenvalue weighted by Crippen LogP contribution is 2.10. The van der Waals surface area contributed by atoms with Gasteiger partial charge in [-0.3, -0.25) is 4.79 Å². The van der Waals surface area contributed by atoms with E-state index >= 15 is 0 Å². The van der Waals surface area contributed by atoms with Crippen LogP contribution in [0, 0.1) is 0 Å². The summed E-state index contributed by atoms with van der Waals surface area (Å²) in [7, 11) is 0. The van der Waals surface area contributed by atoms with Gasteiger partial charge in [0.05, 0.1) is 11.6 Å². The third-order valence-corrected chi connectivity index (χ3v) is 3.11. The van der Waals surface area contributed by atoms with Crippen LogP contribution in [0.2, 0.25) is 10.4 Å². The topological polar surface area (TPSA) is 81.2 Å². The first-order valence-corrected chi connectivity index (χ1v) is 7.44. The summed E-state index contributed by atoms with van der Waals surface area (Å²) in [5.41, 5.74) is 0.483. The number of ether oxygens (including phenoxy) is 1. The van der Waals surface area contributed by atoms with Gasteiger partial charge in [0.25, 0.3) is 5.91 Å². The molecule has 1 aromatic heterocycles. The van der Waals surface area contributed by atoms with Crippen LogP contribution in [-0.2, 0) is 4.74 Å². The van der Waals surface area contributed by atoms with Crippen LogP contribution in [-0.4, -0.2) is 34.5 Å². The summed E-state index contributed by atoms with van der Waals surface area (Å²) in [6.45, 7) is 1.71. The fourth-order valence-electron chi connectivity index (χ4n) is 1.70. The van der Waals surface area contributed by atoms with E-state index in [0.717, 1.165) is 0 Å². The third-order valence-electron chi connectivity index (χ3n) is 2.75. The smallest absolute Gasteiger partial charge is 0.338 e. The van der Waals surface area contributed by atoms with Crippen molar-refractivity contribution in [3.63, 3.8) is 0 Å². The number of halogens is 2. The predicted octanol–water partition coefficient (Wildman–Crippen LogP) is 2.76. The van der Waals surface area contributed by atoms with Crippen LogP contribution in [0.5, 0.6) is 0 Å². The monoisotopic (exact) mass is 353 g/mol. The van der Waals surface area contributed by atoms with Crippen molar-refractivity contribution in [3.05, 3.63) is 58.1 Å². The molecule has 23 heavy (non-hydrogen) atoms. The van der Waals surface area contributed by atoms with Crippen LogP contribution >= 0.6 is 23.2 Å². The first kappa shape index (κ1) is 17.2. The number of amides is 1. The number of carbonyl (C=O) groups is 2. The molecule has 8 heteroatoms. The second-order valence-electron chi connectivity index (χ2n) is 4.68. The molecule has 1 amide bonds. The number of benzene rings is 1. The average molecular weight is 354 g/mol. The number of carbonyl (C=O) groups excluding carboxylic acids is 2. The van der Waals surface area contributed by atoms with Crippen LogP contribution in [0.3, 0.4) is 0 Å². The predicted molar refractivity (Wildman–Crippen MR) is 85.7 cm³/mol. The molecule has 0 bridgehead atoms. The normalized spacial score (nSPS) is 11.6. The Hall–Kier alpha value is -2.18. The Kier molecular flexibility index (Phi) is 5.90. The Morgan fingerprint density at radius 2 is 1.91 bits per heavy atom. The minimum absolute atomic E-state index is 0.0199. The number of rotatable bonds is 5. The molecule has 6 nitrogen and oxygen atoms in total. The lowest BCUT2D eigenvalue weighted by Gasteiger charge is -2.14. The van der Waals surface area contributed by atoms with E-state index in [1.807, 2.05) is 0 Å². The molecule has 0 fully saturated rings. The zero-order valence-corrected chi connectivity index (χ0v) is 13.6. The van der Waals surface area contributed by atoms with Gasteiger partial charge in [0.1, 0.15) is 17.5 Å². The first-order valence-electron chi connectivity index (χ1n) is 6.69. The molecule has 0 spiro atoms. The van der Waals surface area contributed by atoms with E-state index in [0.29, 0.717) is 5.56 Å². The summed E-state index contributed by atoms with van der Waals surface area (Å²) < 4.78 is 5.14. The molecular weight excluding hydrogens is 341 g/mol. The Morgan fingerprint density at radius 3 is 2.57 bits per heavy atom. The zero-order chi connectivity index (χ0) is 16.8. The summed E-state index contributed by atoms with van der Waals surface area (Å²) in [5.74, 6) is -0.945. The van der Waals surface area contributed by atoms with E-state index in [1.165, 1.54) is 6.07 Å². The molecule has 0 saturated carbocycles. The molecule has 1 aromatic carbocycles. The highest BCUT2D eigenvalue weighted by Gasteiger charge is 2.15. The van der Waals surface area contributed by atoms with Gasteiger partial charge in [0, 0.05) is 6.07 Å². The van der Waals surface area contributed by atoms with Gasteiger partial charge in [-0.2, -0.15) is 0 Å². The fourth-order valence-corrected chi connectivity index (χ4v) is 2.11. The molecule has 0 aliphatic heterocycles. The Morgan fingerprint density at radius 1 is 1.22 bits per heavy atom. The Bertz CT molecular complexity index is 690. The molecule has 0 aliphatic carbocycles. The summed E-state index contributed by atoms with van der Waals surface area (Å²) >= 11 is 11.4. The number of hydrogen-bond acceptors (Lipinski definition) is 5. The van der Waals surface area contributed by atoms with Crippen LogP contribution in [0.1, 0.15) is 27.8 Å². The summed E-state index contributed by atoms with van der Waals surface area (Å²) in [6, 6.07) is 9.47. The SMILES string of the molecule is C[C@H](COC(=O)c1ccccc1)NC(=O)c1cc(Cl)nc(Cl)n1. The van der Waals surface area contributed by atoms with E-state index in [1.54, 1.807) is 37.3 Å². The van der Waals surface area contributed by atoms with Crippen molar-refractivity contribution in [1.82, 2.24) is 15.3 Å². The van der Waals surface area contributed by atoms with Gasteiger partial charge >= 0.3 is 5.97 Å². The Labute approximate surface area is 142 Å².